The van der Waals surface area contributed by atoms with Gasteiger partial charge in [0.25, 0.3) is 0 Å². The Morgan fingerprint density at radius 3 is 1.83 bits per heavy atom. The zero-order valence-electron chi connectivity index (χ0n) is 11.2. The first kappa shape index (κ1) is 17.5. The molecule has 0 unspecified atom stereocenters. The van der Waals surface area contributed by atoms with Gasteiger partial charge in [0.1, 0.15) is 0 Å². The standard InChI is InChI=1S/C13H8F9N/c1-6-9(7-4-2-3-5-8(7)23-6)10(14,15)11(16,17)12(18,19)13(20,21)22/h2-5,23H,1H3. The molecule has 0 saturated heterocycles. The van der Waals surface area contributed by atoms with Crippen molar-refractivity contribution in [2.45, 2.75) is 30.9 Å². The Hall–Kier alpha value is -1.87. The molecule has 1 heterocycles. The summed E-state index contributed by atoms with van der Waals surface area (Å²) in [6.07, 6.45) is -6.83. The van der Waals surface area contributed by atoms with Gasteiger partial charge in [-0.15, -0.1) is 0 Å². The van der Waals surface area contributed by atoms with Gasteiger partial charge in [-0.3, -0.25) is 0 Å². The predicted molar refractivity (Wildman–Crippen MR) is 62.9 cm³/mol. The minimum atomic E-state index is -6.91. The molecule has 1 nitrogen and oxygen atoms in total. The van der Waals surface area contributed by atoms with Crippen LogP contribution in [0, 0.1) is 6.92 Å². The third-order valence-electron chi connectivity index (χ3n) is 3.35. The van der Waals surface area contributed by atoms with E-state index in [-0.39, 0.29) is 5.52 Å². The molecule has 0 fully saturated rings. The summed E-state index contributed by atoms with van der Waals surface area (Å²) in [6.45, 7) is 0.880. The van der Waals surface area contributed by atoms with Crippen molar-refractivity contribution < 1.29 is 39.5 Å². The highest BCUT2D eigenvalue weighted by molar-refractivity contribution is 5.85. The Balaban J connectivity index is 2.71. The summed E-state index contributed by atoms with van der Waals surface area (Å²) in [5, 5.41) is -0.562. The molecule has 0 aliphatic heterocycles. The number of benzene rings is 1. The second kappa shape index (κ2) is 4.81. The SMILES string of the molecule is Cc1[nH]c2ccccc2c1C(F)(F)C(F)(F)C(F)(F)C(F)(F)F. The number of aromatic amines is 1. The summed E-state index contributed by atoms with van der Waals surface area (Å²) in [7, 11) is 0. The fourth-order valence-corrected chi connectivity index (χ4v) is 2.21. The Kier molecular flexibility index (Phi) is 3.66. The van der Waals surface area contributed by atoms with Gasteiger partial charge in [-0.1, -0.05) is 18.2 Å². The average molecular weight is 349 g/mol. The van der Waals surface area contributed by atoms with Gasteiger partial charge < -0.3 is 4.98 Å². The number of hydrogen-bond acceptors (Lipinski definition) is 0. The number of alkyl halides is 9. The Labute approximate surface area is 123 Å². The number of para-hydroxylation sites is 1. The third-order valence-corrected chi connectivity index (χ3v) is 3.35. The molecule has 2 aromatic rings. The first-order valence-electron chi connectivity index (χ1n) is 6.03. The summed E-state index contributed by atoms with van der Waals surface area (Å²) >= 11 is 0. The maximum absolute atomic E-state index is 14.0. The molecule has 1 aromatic carbocycles. The molecule has 1 N–H and O–H groups in total. The van der Waals surface area contributed by atoms with Crippen LogP contribution in [-0.2, 0) is 5.92 Å². The topological polar surface area (TPSA) is 15.8 Å². The van der Waals surface area contributed by atoms with E-state index in [2.05, 4.69) is 4.98 Å². The number of aryl methyl sites for hydroxylation is 1. The van der Waals surface area contributed by atoms with E-state index < -0.39 is 40.6 Å². The molecule has 1 aromatic heterocycles. The third kappa shape index (κ3) is 2.26. The van der Waals surface area contributed by atoms with Crippen LogP contribution in [0.1, 0.15) is 11.3 Å². The lowest BCUT2D eigenvalue weighted by molar-refractivity contribution is -0.399. The monoisotopic (exact) mass is 349 g/mol. The Morgan fingerprint density at radius 1 is 0.783 bits per heavy atom. The van der Waals surface area contributed by atoms with Crippen LogP contribution in [0.5, 0.6) is 0 Å². The lowest BCUT2D eigenvalue weighted by Crippen LogP contribution is -2.59. The van der Waals surface area contributed by atoms with Crippen molar-refractivity contribution in [3.8, 4) is 0 Å². The molecule has 0 spiro atoms. The van der Waals surface area contributed by atoms with Crippen LogP contribution in [0.4, 0.5) is 39.5 Å². The summed E-state index contributed by atoms with van der Waals surface area (Å²) in [4.78, 5) is 2.26. The van der Waals surface area contributed by atoms with Gasteiger partial charge in [0.05, 0.1) is 5.56 Å². The average Bonchev–Trinajstić information content (AvgIpc) is 2.73. The predicted octanol–water partition coefficient (Wildman–Crippen LogP) is 5.40. The van der Waals surface area contributed by atoms with Crippen molar-refractivity contribution in [2.24, 2.45) is 0 Å². The molecular weight excluding hydrogens is 341 g/mol. The van der Waals surface area contributed by atoms with Crippen LogP contribution in [0.15, 0.2) is 24.3 Å². The van der Waals surface area contributed by atoms with E-state index in [4.69, 9.17) is 0 Å². The fraction of sp³-hybridized carbons (Fsp3) is 0.385. The van der Waals surface area contributed by atoms with E-state index in [0.717, 1.165) is 19.1 Å². The minimum absolute atomic E-state index is 0.0919. The van der Waals surface area contributed by atoms with E-state index in [1.54, 1.807) is 0 Å². The van der Waals surface area contributed by atoms with Crippen LogP contribution in [0.25, 0.3) is 10.9 Å². The summed E-state index contributed by atoms with van der Waals surface area (Å²) in [5.74, 6) is -19.3. The summed E-state index contributed by atoms with van der Waals surface area (Å²) in [6, 6.07) is 4.63. The van der Waals surface area contributed by atoms with Crippen LogP contribution in [0.3, 0.4) is 0 Å². The van der Waals surface area contributed by atoms with E-state index in [9.17, 15) is 39.5 Å². The number of aromatic nitrogens is 1. The number of halogens is 9. The highest BCUT2D eigenvalue weighted by Gasteiger charge is 2.82. The Bertz CT molecular complexity index is 727. The fourth-order valence-electron chi connectivity index (χ4n) is 2.21. The molecule has 0 bridgehead atoms. The molecule has 2 rings (SSSR count). The van der Waals surface area contributed by atoms with E-state index in [0.29, 0.717) is 0 Å². The molecular formula is C13H8F9N. The largest absolute Gasteiger partial charge is 0.460 e. The zero-order chi connectivity index (χ0) is 17.8. The van der Waals surface area contributed by atoms with E-state index in [1.165, 1.54) is 12.1 Å². The molecule has 0 amide bonds. The number of hydrogen-bond donors (Lipinski definition) is 1. The number of rotatable bonds is 3. The van der Waals surface area contributed by atoms with Gasteiger partial charge >= 0.3 is 23.9 Å². The first-order chi connectivity index (χ1) is 10.2. The minimum Gasteiger partial charge on any atom is -0.358 e. The van der Waals surface area contributed by atoms with Crippen LogP contribution in [0.2, 0.25) is 0 Å². The number of H-pyrrole nitrogens is 1. The molecule has 0 aliphatic carbocycles. The van der Waals surface area contributed by atoms with E-state index >= 15 is 0 Å². The molecule has 0 radical (unpaired) electrons. The van der Waals surface area contributed by atoms with Crippen LogP contribution >= 0.6 is 0 Å². The van der Waals surface area contributed by atoms with Crippen LogP contribution in [-0.4, -0.2) is 23.0 Å². The first-order valence-corrected chi connectivity index (χ1v) is 6.03. The van der Waals surface area contributed by atoms with Gasteiger partial charge in [-0.25, -0.2) is 0 Å². The molecule has 128 valence electrons. The van der Waals surface area contributed by atoms with Crippen molar-refractivity contribution in [2.75, 3.05) is 0 Å². The van der Waals surface area contributed by atoms with Gasteiger partial charge in [-0.2, -0.15) is 39.5 Å². The summed E-state index contributed by atoms with van der Waals surface area (Å²) < 4.78 is 117. The second-order valence-electron chi connectivity index (χ2n) is 4.89. The summed E-state index contributed by atoms with van der Waals surface area (Å²) in [5.41, 5.74) is -2.32. The Morgan fingerprint density at radius 2 is 1.30 bits per heavy atom. The molecule has 0 aliphatic rings. The number of fused-ring (bicyclic) bond motifs is 1. The second-order valence-corrected chi connectivity index (χ2v) is 4.89. The van der Waals surface area contributed by atoms with Gasteiger partial charge in [0, 0.05) is 16.6 Å². The zero-order valence-corrected chi connectivity index (χ0v) is 11.2. The highest BCUT2D eigenvalue weighted by atomic mass is 19.4. The normalized spacial score (nSPS) is 14.5. The quantitative estimate of drug-likeness (QED) is 0.714. The van der Waals surface area contributed by atoms with Crippen LogP contribution < -0.4 is 0 Å². The van der Waals surface area contributed by atoms with Crippen molar-refractivity contribution in [1.82, 2.24) is 4.98 Å². The highest BCUT2D eigenvalue weighted by Crippen LogP contribution is 2.57. The van der Waals surface area contributed by atoms with Crippen molar-refractivity contribution in [3.63, 3.8) is 0 Å². The van der Waals surface area contributed by atoms with Gasteiger partial charge in [0.2, 0.25) is 0 Å². The maximum Gasteiger partial charge on any atom is 0.460 e. The number of nitrogens with one attached hydrogen (secondary N) is 1. The van der Waals surface area contributed by atoms with Crippen molar-refractivity contribution in [1.29, 1.82) is 0 Å². The lowest BCUT2D eigenvalue weighted by atomic mass is 9.94. The van der Waals surface area contributed by atoms with Crippen molar-refractivity contribution >= 4 is 10.9 Å². The van der Waals surface area contributed by atoms with Gasteiger partial charge in [-0.05, 0) is 13.0 Å². The molecule has 10 heteroatoms. The maximum atomic E-state index is 14.0. The van der Waals surface area contributed by atoms with E-state index in [1.807, 2.05) is 0 Å². The molecule has 0 saturated carbocycles. The smallest absolute Gasteiger partial charge is 0.358 e. The molecule has 0 atom stereocenters. The molecule has 23 heavy (non-hydrogen) atoms. The van der Waals surface area contributed by atoms with Gasteiger partial charge in [0.15, 0.2) is 0 Å². The van der Waals surface area contributed by atoms with Crippen molar-refractivity contribution in [3.05, 3.63) is 35.5 Å². The lowest BCUT2D eigenvalue weighted by Gasteiger charge is -2.33.